The lowest BCUT2D eigenvalue weighted by molar-refractivity contribution is -0.141. The van der Waals surface area contributed by atoms with Crippen molar-refractivity contribution < 1.29 is 22.7 Å². The SMILES string of the molecule is CC(C)(C)OC(=O)c1c(C(F)(F)F)nc2ccccn12. The highest BCUT2D eigenvalue weighted by atomic mass is 19.4. The Labute approximate surface area is 113 Å². The molecule has 0 bridgehead atoms. The van der Waals surface area contributed by atoms with E-state index in [-0.39, 0.29) is 5.65 Å². The number of nitrogens with zero attached hydrogens (tertiary/aromatic N) is 2. The van der Waals surface area contributed by atoms with Crippen molar-refractivity contribution in [2.45, 2.75) is 32.5 Å². The molecule has 0 N–H and O–H groups in total. The first-order chi connectivity index (χ1) is 9.09. The van der Waals surface area contributed by atoms with Crippen molar-refractivity contribution >= 4 is 11.6 Å². The van der Waals surface area contributed by atoms with E-state index in [1.165, 1.54) is 18.3 Å². The van der Waals surface area contributed by atoms with Crippen LogP contribution in [0.4, 0.5) is 13.2 Å². The maximum absolute atomic E-state index is 13.0. The average Bonchev–Trinajstić information content (AvgIpc) is 2.65. The molecule has 0 atom stereocenters. The average molecular weight is 286 g/mol. The van der Waals surface area contributed by atoms with Gasteiger partial charge in [0.1, 0.15) is 11.2 Å². The van der Waals surface area contributed by atoms with Crippen LogP contribution >= 0.6 is 0 Å². The first-order valence-corrected chi connectivity index (χ1v) is 5.87. The minimum Gasteiger partial charge on any atom is -0.455 e. The smallest absolute Gasteiger partial charge is 0.435 e. The Morgan fingerprint density at radius 3 is 2.45 bits per heavy atom. The first-order valence-electron chi connectivity index (χ1n) is 5.87. The van der Waals surface area contributed by atoms with E-state index < -0.39 is 29.1 Å². The molecule has 108 valence electrons. The van der Waals surface area contributed by atoms with E-state index in [0.29, 0.717) is 0 Å². The van der Waals surface area contributed by atoms with Gasteiger partial charge in [0.25, 0.3) is 0 Å². The largest absolute Gasteiger partial charge is 0.455 e. The van der Waals surface area contributed by atoms with Gasteiger partial charge in [0.05, 0.1) is 0 Å². The van der Waals surface area contributed by atoms with Crippen LogP contribution in [0.1, 0.15) is 37.0 Å². The van der Waals surface area contributed by atoms with Gasteiger partial charge in [-0.25, -0.2) is 9.78 Å². The number of imidazole rings is 1. The molecule has 2 heterocycles. The highest BCUT2D eigenvalue weighted by Crippen LogP contribution is 2.32. The van der Waals surface area contributed by atoms with Crippen LogP contribution < -0.4 is 0 Å². The van der Waals surface area contributed by atoms with Gasteiger partial charge in [0, 0.05) is 6.20 Å². The van der Waals surface area contributed by atoms with Gasteiger partial charge in [-0.05, 0) is 32.9 Å². The zero-order valence-electron chi connectivity index (χ0n) is 11.2. The second kappa shape index (κ2) is 4.50. The van der Waals surface area contributed by atoms with Crippen LogP contribution in [0.25, 0.3) is 5.65 Å². The summed E-state index contributed by atoms with van der Waals surface area (Å²) in [5.74, 6) is -1.05. The number of ether oxygens (including phenoxy) is 1. The fraction of sp³-hybridized carbons (Fsp3) is 0.385. The molecule has 4 nitrogen and oxygen atoms in total. The van der Waals surface area contributed by atoms with E-state index in [0.717, 1.165) is 4.40 Å². The predicted molar refractivity (Wildman–Crippen MR) is 65.4 cm³/mol. The monoisotopic (exact) mass is 286 g/mol. The van der Waals surface area contributed by atoms with E-state index in [2.05, 4.69) is 4.98 Å². The van der Waals surface area contributed by atoms with Crippen LogP contribution in [0.5, 0.6) is 0 Å². The summed E-state index contributed by atoms with van der Waals surface area (Å²) in [4.78, 5) is 15.5. The number of esters is 1. The zero-order chi connectivity index (χ0) is 15.1. The predicted octanol–water partition coefficient (Wildman–Crippen LogP) is 3.31. The van der Waals surface area contributed by atoms with Crippen molar-refractivity contribution in [1.29, 1.82) is 0 Å². The van der Waals surface area contributed by atoms with Gasteiger partial charge in [-0.3, -0.25) is 4.40 Å². The highest BCUT2D eigenvalue weighted by Gasteiger charge is 2.41. The van der Waals surface area contributed by atoms with Crippen LogP contribution in [0.3, 0.4) is 0 Å². The molecule has 2 aromatic heterocycles. The van der Waals surface area contributed by atoms with Crippen molar-refractivity contribution in [3.8, 4) is 0 Å². The molecule has 20 heavy (non-hydrogen) atoms. The van der Waals surface area contributed by atoms with Crippen LogP contribution in [0.2, 0.25) is 0 Å². The number of aromatic nitrogens is 2. The lowest BCUT2D eigenvalue weighted by Crippen LogP contribution is -2.26. The summed E-state index contributed by atoms with van der Waals surface area (Å²) in [6.07, 6.45) is -3.38. The van der Waals surface area contributed by atoms with E-state index in [1.54, 1.807) is 26.8 Å². The lowest BCUT2D eigenvalue weighted by Gasteiger charge is -2.19. The van der Waals surface area contributed by atoms with Crippen LogP contribution in [-0.2, 0) is 10.9 Å². The normalized spacial score (nSPS) is 12.7. The first kappa shape index (κ1) is 14.4. The number of carbonyl (C=O) groups is 1. The molecule has 0 aromatic carbocycles. The minimum absolute atomic E-state index is 0.0423. The third-order valence-electron chi connectivity index (χ3n) is 2.39. The fourth-order valence-corrected chi connectivity index (χ4v) is 1.71. The summed E-state index contributed by atoms with van der Waals surface area (Å²) in [6.45, 7) is 4.75. The Balaban J connectivity index is 2.63. The van der Waals surface area contributed by atoms with Gasteiger partial charge in [-0.2, -0.15) is 13.2 Å². The van der Waals surface area contributed by atoms with Gasteiger partial charge < -0.3 is 4.74 Å². The minimum atomic E-state index is -4.72. The number of pyridine rings is 1. The molecule has 2 rings (SSSR count). The van der Waals surface area contributed by atoms with E-state index >= 15 is 0 Å². The molecule has 0 aliphatic carbocycles. The quantitative estimate of drug-likeness (QED) is 0.755. The number of rotatable bonds is 1. The Hall–Kier alpha value is -2.05. The Morgan fingerprint density at radius 1 is 1.25 bits per heavy atom. The molecular formula is C13H13F3N2O2. The molecule has 2 aromatic rings. The Bertz CT molecular complexity index is 654. The summed E-state index contributed by atoms with van der Waals surface area (Å²) >= 11 is 0. The molecule has 0 unspecified atom stereocenters. The van der Waals surface area contributed by atoms with Gasteiger partial charge >= 0.3 is 12.1 Å². The number of hydrogen-bond donors (Lipinski definition) is 0. The van der Waals surface area contributed by atoms with Gasteiger partial charge in [-0.15, -0.1) is 0 Å². The van der Waals surface area contributed by atoms with Crippen LogP contribution in [-0.4, -0.2) is 21.0 Å². The fourth-order valence-electron chi connectivity index (χ4n) is 1.71. The number of carbonyl (C=O) groups excluding carboxylic acids is 1. The van der Waals surface area contributed by atoms with E-state index in [1.807, 2.05) is 0 Å². The second-order valence-corrected chi connectivity index (χ2v) is 5.24. The summed E-state index contributed by atoms with van der Waals surface area (Å²) in [6, 6.07) is 4.45. The third kappa shape index (κ3) is 2.76. The molecule has 0 saturated heterocycles. The second-order valence-electron chi connectivity index (χ2n) is 5.24. The Kier molecular flexibility index (Phi) is 3.23. The maximum atomic E-state index is 13.0. The standard InChI is InChI=1S/C13H13F3N2O2/c1-12(2,3)20-11(19)9-10(13(14,15)16)17-8-6-4-5-7-18(8)9/h4-7H,1-3H3. The van der Waals surface area contributed by atoms with Crippen molar-refractivity contribution in [1.82, 2.24) is 9.38 Å². The summed E-state index contributed by atoms with van der Waals surface area (Å²) in [5.41, 5.74) is -2.69. The molecular weight excluding hydrogens is 273 g/mol. The molecule has 0 saturated carbocycles. The number of fused-ring (bicyclic) bond motifs is 1. The van der Waals surface area contributed by atoms with Crippen molar-refractivity contribution in [3.63, 3.8) is 0 Å². The number of hydrogen-bond acceptors (Lipinski definition) is 3. The maximum Gasteiger partial charge on any atom is 0.435 e. The van der Waals surface area contributed by atoms with Crippen molar-refractivity contribution in [2.75, 3.05) is 0 Å². The topological polar surface area (TPSA) is 43.6 Å². The molecule has 0 fully saturated rings. The zero-order valence-corrected chi connectivity index (χ0v) is 11.2. The van der Waals surface area contributed by atoms with Gasteiger partial charge in [0.15, 0.2) is 11.4 Å². The molecule has 0 amide bonds. The molecule has 7 heteroatoms. The Morgan fingerprint density at radius 2 is 1.90 bits per heavy atom. The summed E-state index contributed by atoms with van der Waals surface area (Å²) in [5, 5.41) is 0. The summed E-state index contributed by atoms with van der Waals surface area (Å²) < 4.78 is 45.1. The third-order valence-corrected chi connectivity index (χ3v) is 2.39. The van der Waals surface area contributed by atoms with Crippen LogP contribution in [0, 0.1) is 0 Å². The summed E-state index contributed by atoms with van der Waals surface area (Å²) in [7, 11) is 0. The number of alkyl halides is 3. The van der Waals surface area contributed by atoms with E-state index in [9.17, 15) is 18.0 Å². The lowest BCUT2D eigenvalue weighted by atomic mass is 10.2. The van der Waals surface area contributed by atoms with Crippen molar-refractivity contribution in [2.24, 2.45) is 0 Å². The molecule has 0 aliphatic rings. The van der Waals surface area contributed by atoms with Crippen LogP contribution in [0.15, 0.2) is 24.4 Å². The van der Waals surface area contributed by atoms with Gasteiger partial charge in [-0.1, -0.05) is 6.07 Å². The molecule has 0 radical (unpaired) electrons. The highest BCUT2D eigenvalue weighted by molar-refractivity contribution is 5.90. The van der Waals surface area contributed by atoms with Gasteiger partial charge in [0.2, 0.25) is 0 Å². The number of halogens is 3. The molecule has 0 spiro atoms. The molecule has 0 aliphatic heterocycles. The van der Waals surface area contributed by atoms with E-state index in [4.69, 9.17) is 4.74 Å². The van der Waals surface area contributed by atoms with Crippen molar-refractivity contribution in [3.05, 3.63) is 35.8 Å².